The molecular weight excluding hydrogens is 438 g/mol. The van der Waals surface area contributed by atoms with E-state index in [4.69, 9.17) is 20.4 Å². The summed E-state index contributed by atoms with van der Waals surface area (Å²) in [5.41, 5.74) is 8.99. The van der Waals surface area contributed by atoms with E-state index in [0.717, 1.165) is 73.0 Å². The van der Waals surface area contributed by atoms with Gasteiger partial charge in [0.2, 0.25) is 11.9 Å². The topological polar surface area (TPSA) is 114 Å². The Bertz CT molecular complexity index is 1100. The van der Waals surface area contributed by atoms with Crippen LogP contribution >= 0.6 is 11.3 Å². The lowest BCUT2D eigenvalue weighted by atomic mass is 9.83. The number of aliphatic hydroxyl groups is 1. The van der Waals surface area contributed by atoms with Crippen molar-refractivity contribution in [2.45, 2.75) is 38.8 Å². The van der Waals surface area contributed by atoms with Crippen molar-refractivity contribution in [1.82, 2.24) is 24.8 Å². The summed E-state index contributed by atoms with van der Waals surface area (Å²) in [6.07, 6.45) is 5.48. The third-order valence-corrected chi connectivity index (χ3v) is 7.72. The highest BCUT2D eigenvalue weighted by Gasteiger charge is 2.31. The fraction of sp³-hybridized carbons (Fsp3) is 0.565. The molecule has 3 N–H and O–H groups in total. The number of nitrogens with two attached hydrogens (primary N) is 1. The van der Waals surface area contributed by atoms with Crippen LogP contribution in [0.5, 0.6) is 0 Å². The number of rotatable bonds is 5. The van der Waals surface area contributed by atoms with Gasteiger partial charge in [0.25, 0.3) is 0 Å². The van der Waals surface area contributed by atoms with Gasteiger partial charge in [0.05, 0.1) is 34.7 Å². The van der Waals surface area contributed by atoms with Crippen molar-refractivity contribution >= 4 is 33.5 Å². The molecule has 9 nitrogen and oxygen atoms in total. The maximum atomic E-state index is 10.4. The SMILES string of the molecule is CC(C)(O)C1CCN(Cc2csc3c(-c4cnc(N)nc4)nc(N4CCOCC4)nc23)CC1. The molecule has 0 amide bonds. The number of hydrogen-bond acceptors (Lipinski definition) is 10. The fourth-order valence-corrected chi connectivity index (χ4v) is 5.67. The second kappa shape index (κ2) is 9.09. The molecule has 0 unspecified atom stereocenters. The number of aromatic nitrogens is 4. The number of thiophene rings is 1. The second-order valence-electron chi connectivity index (χ2n) is 9.44. The molecule has 0 saturated carbocycles. The van der Waals surface area contributed by atoms with Gasteiger partial charge < -0.3 is 20.5 Å². The largest absolute Gasteiger partial charge is 0.390 e. The summed E-state index contributed by atoms with van der Waals surface area (Å²) in [6, 6.07) is 0. The molecule has 2 aliphatic heterocycles. The quantitative estimate of drug-likeness (QED) is 0.582. The minimum absolute atomic E-state index is 0.249. The van der Waals surface area contributed by atoms with E-state index < -0.39 is 5.60 Å². The minimum Gasteiger partial charge on any atom is -0.390 e. The molecule has 5 rings (SSSR count). The average molecular weight is 470 g/mol. The predicted molar refractivity (Wildman–Crippen MR) is 130 cm³/mol. The van der Waals surface area contributed by atoms with E-state index in [1.54, 1.807) is 23.7 Å². The fourth-order valence-electron chi connectivity index (χ4n) is 4.67. The number of likely N-dealkylation sites (tertiary alicyclic amines) is 1. The molecule has 5 heterocycles. The van der Waals surface area contributed by atoms with Crippen molar-refractivity contribution < 1.29 is 9.84 Å². The number of ether oxygens (including phenoxy) is 1. The van der Waals surface area contributed by atoms with Crippen molar-refractivity contribution in [3.8, 4) is 11.3 Å². The minimum atomic E-state index is -0.614. The summed E-state index contributed by atoms with van der Waals surface area (Å²) in [4.78, 5) is 23.0. The lowest BCUT2D eigenvalue weighted by Crippen LogP contribution is -2.41. The van der Waals surface area contributed by atoms with Crippen LogP contribution in [0.4, 0.5) is 11.9 Å². The molecule has 0 radical (unpaired) electrons. The molecule has 33 heavy (non-hydrogen) atoms. The van der Waals surface area contributed by atoms with Crippen LogP contribution in [-0.2, 0) is 11.3 Å². The Kier molecular flexibility index (Phi) is 6.17. The van der Waals surface area contributed by atoms with Gasteiger partial charge in [0.15, 0.2) is 0 Å². The first kappa shape index (κ1) is 22.4. The van der Waals surface area contributed by atoms with E-state index in [-0.39, 0.29) is 5.95 Å². The lowest BCUT2D eigenvalue weighted by molar-refractivity contribution is -0.0135. The number of fused-ring (bicyclic) bond motifs is 1. The maximum absolute atomic E-state index is 10.4. The van der Waals surface area contributed by atoms with E-state index in [1.807, 2.05) is 13.8 Å². The molecule has 176 valence electrons. The van der Waals surface area contributed by atoms with E-state index in [0.29, 0.717) is 19.1 Å². The first-order chi connectivity index (χ1) is 15.9. The number of anilines is 2. The summed E-state index contributed by atoms with van der Waals surface area (Å²) in [6.45, 7) is 9.54. The van der Waals surface area contributed by atoms with E-state index in [9.17, 15) is 5.11 Å². The first-order valence-electron chi connectivity index (χ1n) is 11.5. The Labute approximate surface area is 197 Å². The molecule has 2 aliphatic rings. The van der Waals surface area contributed by atoms with Gasteiger partial charge in [0, 0.05) is 43.2 Å². The highest BCUT2D eigenvalue weighted by Crippen LogP contribution is 2.36. The van der Waals surface area contributed by atoms with Crippen molar-refractivity contribution in [2.75, 3.05) is 50.0 Å². The van der Waals surface area contributed by atoms with Crippen molar-refractivity contribution in [3.05, 3.63) is 23.3 Å². The molecule has 0 atom stereocenters. The molecule has 2 saturated heterocycles. The van der Waals surface area contributed by atoms with Gasteiger partial charge in [-0.25, -0.2) is 19.9 Å². The van der Waals surface area contributed by atoms with E-state index >= 15 is 0 Å². The van der Waals surface area contributed by atoms with Crippen LogP contribution in [0.3, 0.4) is 0 Å². The zero-order valence-electron chi connectivity index (χ0n) is 19.2. The zero-order chi connectivity index (χ0) is 23.0. The standard InChI is InChI=1S/C23H31N7O2S/c1-23(2,31)17-3-5-29(6-4-17)13-16-14-33-20-18(15-11-25-21(24)26-12-15)27-22(28-19(16)20)30-7-9-32-10-8-30/h11-12,14,17,31H,3-10,13H2,1-2H3,(H2,24,25,26). The highest BCUT2D eigenvalue weighted by molar-refractivity contribution is 7.17. The van der Waals surface area contributed by atoms with Crippen LogP contribution in [0.1, 0.15) is 32.3 Å². The first-order valence-corrected chi connectivity index (χ1v) is 12.4. The number of morpholine rings is 1. The zero-order valence-corrected chi connectivity index (χ0v) is 20.0. The van der Waals surface area contributed by atoms with Crippen LogP contribution in [0.2, 0.25) is 0 Å². The van der Waals surface area contributed by atoms with Gasteiger partial charge >= 0.3 is 0 Å². The molecule has 0 aliphatic carbocycles. The predicted octanol–water partition coefficient (Wildman–Crippen LogP) is 2.55. The molecular formula is C23H31N7O2S. The Morgan fingerprint density at radius 2 is 1.82 bits per heavy atom. The van der Waals surface area contributed by atoms with Crippen LogP contribution in [0.15, 0.2) is 17.8 Å². The Morgan fingerprint density at radius 3 is 2.48 bits per heavy atom. The average Bonchev–Trinajstić information content (AvgIpc) is 3.22. The molecule has 10 heteroatoms. The summed E-state index contributed by atoms with van der Waals surface area (Å²) >= 11 is 1.67. The van der Waals surface area contributed by atoms with Crippen LogP contribution in [0.25, 0.3) is 21.5 Å². The van der Waals surface area contributed by atoms with E-state index in [2.05, 4.69) is 25.1 Å². The molecule has 0 spiro atoms. The van der Waals surface area contributed by atoms with Gasteiger partial charge in [-0.3, -0.25) is 4.90 Å². The smallest absolute Gasteiger partial charge is 0.226 e. The summed E-state index contributed by atoms with van der Waals surface area (Å²) in [5.74, 6) is 1.32. The Balaban J connectivity index is 1.47. The number of nitrogen functional groups attached to an aromatic ring is 1. The van der Waals surface area contributed by atoms with Gasteiger partial charge in [-0.15, -0.1) is 11.3 Å². The second-order valence-corrected chi connectivity index (χ2v) is 10.3. The van der Waals surface area contributed by atoms with Gasteiger partial charge in [-0.1, -0.05) is 0 Å². The summed E-state index contributed by atoms with van der Waals surface area (Å²) in [5, 5.41) is 12.6. The Hall–Kier alpha value is -2.40. The van der Waals surface area contributed by atoms with Crippen molar-refractivity contribution in [2.24, 2.45) is 5.92 Å². The third kappa shape index (κ3) is 4.79. The molecule has 0 bridgehead atoms. The van der Waals surface area contributed by atoms with Crippen molar-refractivity contribution in [1.29, 1.82) is 0 Å². The van der Waals surface area contributed by atoms with Crippen LogP contribution < -0.4 is 10.6 Å². The monoisotopic (exact) mass is 469 g/mol. The number of hydrogen-bond donors (Lipinski definition) is 2. The highest BCUT2D eigenvalue weighted by atomic mass is 32.1. The third-order valence-electron chi connectivity index (χ3n) is 6.70. The van der Waals surface area contributed by atoms with Crippen molar-refractivity contribution in [3.63, 3.8) is 0 Å². The normalized spacial score (nSPS) is 18.8. The number of nitrogens with zero attached hydrogens (tertiary/aromatic N) is 6. The molecule has 3 aromatic rings. The molecule has 3 aromatic heterocycles. The van der Waals surface area contributed by atoms with Crippen LogP contribution in [-0.4, -0.2) is 74.9 Å². The van der Waals surface area contributed by atoms with Gasteiger partial charge in [-0.2, -0.15) is 0 Å². The van der Waals surface area contributed by atoms with Gasteiger partial charge in [-0.05, 0) is 51.1 Å². The lowest BCUT2D eigenvalue weighted by Gasteiger charge is -2.37. The van der Waals surface area contributed by atoms with Crippen LogP contribution in [0, 0.1) is 5.92 Å². The van der Waals surface area contributed by atoms with E-state index in [1.165, 1.54) is 5.56 Å². The summed E-state index contributed by atoms with van der Waals surface area (Å²) < 4.78 is 6.57. The molecule has 0 aromatic carbocycles. The van der Waals surface area contributed by atoms with Gasteiger partial charge in [0.1, 0.15) is 0 Å². The summed E-state index contributed by atoms with van der Waals surface area (Å²) in [7, 11) is 0. The maximum Gasteiger partial charge on any atom is 0.226 e. The molecule has 2 fully saturated rings. The Morgan fingerprint density at radius 1 is 1.12 bits per heavy atom. The number of piperidine rings is 1.